The summed E-state index contributed by atoms with van der Waals surface area (Å²) in [6, 6.07) is 0. The molecule has 0 atom stereocenters. The molecule has 1 heterocycles. The first-order valence-corrected chi connectivity index (χ1v) is 7.56. The Morgan fingerprint density at radius 1 is 1.27 bits per heavy atom. The molecule has 0 radical (unpaired) electrons. The molecule has 1 aliphatic rings. The highest BCUT2D eigenvalue weighted by molar-refractivity contribution is 7.89. The third-order valence-corrected chi connectivity index (χ3v) is 5.37. The van der Waals surface area contributed by atoms with Crippen molar-refractivity contribution in [3.8, 4) is 0 Å². The predicted molar refractivity (Wildman–Crippen MR) is 63.2 cm³/mol. The number of hydrogen-bond acceptors (Lipinski definition) is 2. The van der Waals surface area contributed by atoms with Crippen LogP contribution in [0.5, 0.6) is 0 Å². The van der Waals surface area contributed by atoms with Gasteiger partial charge in [-0.05, 0) is 31.1 Å². The Morgan fingerprint density at radius 2 is 1.80 bits per heavy atom. The molecule has 0 aromatic heterocycles. The second-order valence-electron chi connectivity index (χ2n) is 4.80. The third-order valence-electron chi connectivity index (χ3n) is 3.30. The van der Waals surface area contributed by atoms with Crippen LogP contribution in [0.25, 0.3) is 0 Å². The first-order chi connectivity index (χ1) is 6.97. The van der Waals surface area contributed by atoms with Gasteiger partial charge in [0.1, 0.15) is 0 Å². The van der Waals surface area contributed by atoms with Crippen LogP contribution in [-0.2, 0) is 10.0 Å². The molecule has 0 aromatic carbocycles. The quantitative estimate of drug-likeness (QED) is 0.745. The maximum absolute atomic E-state index is 11.8. The van der Waals surface area contributed by atoms with E-state index in [-0.39, 0.29) is 0 Å². The first kappa shape index (κ1) is 13.0. The van der Waals surface area contributed by atoms with Gasteiger partial charge < -0.3 is 0 Å². The van der Waals surface area contributed by atoms with Gasteiger partial charge in [-0.3, -0.25) is 0 Å². The van der Waals surface area contributed by atoms with E-state index in [1.807, 2.05) is 6.92 Å². The van der Waals surface area contributed by atoms with E-state index in [1.54, 1.807) is 4.31 Å². The summed E-state index contributed by atoms with van der Waals surface area (Å²) in [4.78, 5) is 0. The predicted octanol–water partition coefficient (Wildman–Crippen LogP) is 2.09. The van der Waals surface area contributed by atoms with Gasteiger partial charge in [0.05, 0.1) is 5.75 Å². The molecule has 1 rings (SSSR count). The lowest BCUT2D eigenvalue weighted by Gasteiger charge is -2.33. The molecule has 0 aliphatic carbocycles. The Kier molecular flexibility index (Phi) is 4.59. The van der Waals surface area contributed by atoms with E-state index < -0.39 is 10.0 Å². The van der Waals surface area contributed by atoms with Crippen molar-refractivity contribution in [1.29, 1.82) is 0 Å². The molecule has 4 heteroatoms. The SMILES string of the molecule is CCCS(=O)(=O)N1CCC(C(C)C)CC1. The van der Waals surface area contributed by atoms with Crippen molar-refractivity contribution in [2.75, 3.05) is 18.8 Å². The molecular weight excluding hydrogens is 210 g/mol. The van der Waals surface area contributed by atoms with Crippen molar-refractivity contribution in [3.63, 3.8) is 0 Å². The summed E-state index contributed by atoms with van der Waals surface area (Å²) in [5.74, 6) is 1.69. The van der Waals surface area contributed by atoms with Gasteiger partial charge in [0, 0.05) is 13.1 Å². The highest BCUT2D eigenvalue weighted by Gasteiger charge is 2.28. The van der Waals surface area contributed by atoms with Crippen LogP contribution in [0.3, 0.4) is 0 Å². The summed E-state index contributed by atoms with van der Waals surface area (Å²) < 4.78 is 25.3. The summed E-state index contributed by atoms with van der Waals surface area (Å²) >= 11 is 0. The molecule has 1 fully saturated rings. The Balaban J connectivity index is 2.50. The van der Waals surface area contributed by atoms with Gasteiger partial charge in [-0.1, -0.05) is 20.8 Å². The maximum atomic E-state index is 11.8. The Hall–Kier alpha value is -0.0900. The Labute approximate surface area is 93.9 Å². The summed E-state index contributed by atoms with van der Waals surface area (Å²) in [6.45, 7) is 7.82. The minimum absolute atomic E-state index is 0.305. The Morgan fingerprint density at radius 3 is 2.20 bits per heavy atom. The van der Waals surface area contributed by atoms with Crippen molar-refractivity contribution in [3.05, 3.63) is 0 Å². The van der Waals surface area contributed by atoms with E-state index in [9.17, 15) is 8.42 Å². The van der Waals surface area contributed by atoms with Gasteiger partial charge in [0.2, 0.25) is 10.0 Å². The summed E-state index contributed by atoms with van der Waals surface area (Å²) in [5.41, 5.74) is 0. The van der Waals surface area contributed by atoms with Gasteiger partial charge in [0.15, 0.2) is 0 Å². The maximum Gasteiger partial charge on any atom is 0.214 e. The molecule has 90 valence electrons. The summed E-state index contributed by atoms with van der Waals surface area (Å²) in [6.07, 6.45) is 2.77. The molecule has 0 saturated carbocycles. The molecule has 1 saturated heterocycles. The second kappa shape index (κ2) is 5.30. The molecule has 0 spiro atoms. The van der Waals surface area contributed by atoms with Crippen LogP contribution in [0.4, 0.5) is 0 Å². The average Bonchev–Trinajstić information content (AvgIpc) is 2.18. The van der Waals surface area contributed by atoms with Gasteiger partial charge in [0.25, 0.3) is 0 Å². The van der Waals surface area contributed by atoms with Gasteiger partial charge >= 0.3 is 0 Å². The third kappa shape index (κ3) is 3.45. The van der Waals surface area contributed by atoms with E-state index in [2.05, 4.69) is 13.8 Å². The zero-order valence-corrected chi connectivity index (χ0v) is 10.9. The monoisotopic (exact) mass is 233 g/mol. The highest BCUT2D eigenvalue weighted by Crippen LogP contribution is 2.25. The largest absolute Gasteiger partial charge is 0.214 e. The molecule has 0 N–H and O–H groups in total. The fourth-order valence-corrected chi connectivity index (χ4v) is 3.75. The average molecular weight is 233 g/mol. The number of piperidine rings is 1. The molecule has 0 amide bonds. The lowest BCUT2D eigenvalue weighted by atomic mass is 9.87. The first-order valence-electron chi connectivity index (χ1n) is 5.95. The number of sulfonamides is 1. The van der Waals surface area contributed by atoms with Crippen molar-refractivity contribution in [2.24, 2.45) is 11.8 Å². The van der Waals surface area contributed by atoms with E-state index in [0.29, 0.717) is 24.0 Å². The molecule has 15 heavy (non-hydrogen) atoms. The van der Waals surface area contributed by atoms with Crippen LogP contribution in [0.15, 0.2) is 0 Å². The summed E-state index contributed by atoms with van der Waals surface area (Å²) in [5, 5.41) is 0. The molecule has 3 nitrogen and oxygen atoms in total. The van der Waals surface area contributed by atoms with E-state index in [1.165, 1.54) is 0 Å². The second-order valence-corrected chi connectivity index (χ2v) is 6.88. The van der Waals surface area contributed by atoms with Crippen molar-refractivity contribution >= 4 is 10.0 Å². The van der Waals surface area contributed by atoms with Gasteiger partial charge in [-0.15, -0.1) is 0 Å². The van der Waals surface area contributed by atoms with Crippen molar-refractivity contribution in [1.82, 2.24) is 4.31 Å². The molecule has 0 unspecified atom stereocenters. The minimum atomic E-state index is -2.95. The summed E-state index contributed by atoms with van der Waals surface area (Å²) in [7, 11) is -2.95. The Bertz CT molecular complexity index is 277. The highest BCUT2D eigenvalue weighted by atomic mass is 32.2. The number of hydrogen-bond donors (Lipinski definition) is 0. The van der Waals surface area contributed by atoms with Crippen LogP contribution in [0, 0.1) is 11.8 Å². The van der Waals surface area contributed by atoms with E-state index in [0.717, 1.165) is 25.9 Å². The molecule has 0 bridgehead atoms. The zero-order chi connectivity index (χ0) is 11.5. The standard InChI is InChI=1S/C11H23NO2S/c1-4-9-15(13,14)12-7-5-11(6-8-12)10(2)3/h10-11H,4-9H2,1-3H3. The fraction of sp³-hybridized carbons (Fsp3) is 1.00. The lowest BCUT2D eigenvalue weighted by Crippen LogP contribution is -2.40. The fourth-order valence-electron chi connectivity index (χ4n) is 2.21. The van der Waals surface area contributed by atoms with E-state index in [4.69, 9.17) is 0 Å². The zero-order valence-electron chi connectivity index (χ0n) is 10.1. The topological polar surface area (TPSA) is 37.4 Å². The minimum Gasteiger partial charge on any atom is -0.212 e. The molecule has 1 aliphatic heterocycles. The van der Waals surface area contributed by atoms with Crippen LogP contribution < -0.4 is 0 Å². The van der Waals surface area contributed by atoms with Crippen LogP contribution in [0.1, 0.15) is 40.0 Å². The van der Waals surface area contributed by atoms with Gasteiger partial charge in [-0.25, -0.2) is 12.7 Å². The number of nitrogens with zero attached hydrogens (tertiary/aromatic N) is 1. The molecular formula is C11H23NO2S. The molecule has 0 aromatic rings. The van der Waals surface area contributed by atoms with E-state index >= 15 is 0 Å². The van der Waals surface area contributed by atoms with Crippen LogP contribution in [0.2, 0.25) is 0 Å². The van der Waals surface area contributed by atoms with Crippen LogP contribution in [-0.4, -0.2) is 31.6 Å². The normalized spacial score (nSPS) is 21.1. The smallest absolute Gasteiger partial charge is 0.212 e. The lowest BCUT2D eigenvalue weighted by molar-refractivity contribution is 0.226. The number of rotatable bonds is 4. The van der Waals surface area contributed by atoms with Crippen LogP contribution >= 0.6 is 0 Å². The van der Waals surface area contributed by atoms with Crippen molar-refractivity contribution < 1.29 is 8.42 Å². The van der Waals surface area contributed by atoms with Crippen molar-refractivity contribution in [2.45, 2.75) is 40.0 Å². The van der Waals surface area contributed by atoms with Gasteiger partial charge in [-0.2, -0.15) is 0 Å².